The highest BCUT2D eigenvalue weighted by molar-refractivity contribution is 7.93. The average Bonchev–Trinajstić information content (AvgIpc) is 3.13. The summed E-state index contributed by atoms with van der Waals surface area (Å²) < 4.78 is 28.0. The Hall–Kier alpha value is -2.81. The molecular weight excluding hydrogens is 557 g/mol. The van der Waals surface area contributed by atoms with E-state index in [0.717, 1.165) is 23.8 Å². The Kier molecular flexibility index (Phi) is 9.41. The fraction of sp³-hybridized carbons (Fsp3) is 0.379. The first-order valence-corrected chi connectivity index (χ1v) is 15.4. The van der Waals surface area contributed by atoms with Gasteiger partial charge in [-0.1, -0.05) is 73.8 Å². The van der Waals surface area contributed by atoms with Gasteiger partial charge in [-0.3, -0.25) is 13.9 Å². The van der Waals surface area contributed by atoms with Crippen LogP contribution in [0.4, 0.5) is 5.69 Å². The first-order valence-electron chi connectivity index (χ1n) is 13.2. The van der Waals surface area contributed by atoms with Crippen LogP contribution in [0.2, 0.25) is 10.0 Å². The molecule has 0 aromatic heterocycles. The first-order chi connectivity index (χ1) is 18.7. The van der Waals surface area contributed by atoms with Gasteiger partial charge < -0.3 is 10.2 Å². The predicted octanol–water partition coefficient (Wildman–Crippen LogP) is 6.16. The van der Waals surface area contributed by atoms with Crippen molar-refractivity contribution >= 4 is 61.5 Å². The lowest BCUT2D eigenvalue weighted by Crippen LogP contribution is -2.49. The molecule has 4 rings (SSSR count). The predicted molar refractivity (Wildman–Crippen MR) is 157 cm³/mol. The maximum absolute atomic E-state index is 13.6. The van der Waals surface area contributed by atoms with Crippen molar-refractivity contribution in [1.29, 1.82) is 0 Å². The van der Waals surface area contributed by atoms with E-state index in [-0.39, 0.29) is 36.2 Å². The van der Waals surface area contributed by atoms with Crippen molar-refractivity contribution in [3.8, 4) is 0 Å². The van der Waals surface area contributed by atoms with Gasteiger partial charge in [0.2, 0.25) is 11.8 Å². The third kappa shape index (κ3) is 6.18. The Labute approximate surface area is 240 Å². The standard InChI is InChI=1S/C29H33Cl2N3O4S/c1-3-5-16-32-29(36)24(4-2)33(19-20-14-15-22(30)23(31)18-20)27(35)13-8-17-34-25-11-6-9-21-10-7-12-26(28(21)25)39(34,37)38/h6-7,9-12,14-15,18,24H,3-5,8,13,16-17,19H2,1-2H3,(H,32,36). The van der Waals surface area contributed by atoms with Gasteiger partial charge in [0.1, 0.15) is 6.04 Å². The minimum atomic E-state index is -3.70. The molecule has 1 aliphatic heterocycles. The molecule has 0 radical (unpaired) electrons. The number of benzene rings is 3. The van der Waals surface area contributed by atoms with E-state index in [9.17, 15) is 18.0 Å². The van der Waals surface area contributed by atoms with Gasteiger partial charge in [0.15, 0.2) is 0 Å². The molecule has 1 atom stereocenters. The van der Waals surface area contributed by atoms with Crippen LogP contribution in [-0.4, -0.2) is 44.3 Å². The van der Waals surface area contributed by atoms with E-state index in [1.165, 1.54) is 4.31 Å². The maximum Gasteiger partial charge on any atom is 0.265 e. The molecule has 1 aliphatic rings. The van der Waals surface area contributed by atoms with Gasteiger partial charge in [-0.2, -0.15) is 0 Å². The minimum Gasteiger partial charge on any atom is -0.354 e. The van der Waals surface area contributed by atoms with Crippen molar-refractivity contribution in [2.75, 3.05) is 17.4 Å². The van der Waals surface area contributed by atoms with Gasteiger partial charge in [-0.25, -0.2) is 8.42 Å². The molecule has 1 N–H and O–H groups in total. The fourth-order valence-corrected chi connectivity index (χ4v) is 7.05. The second-order valence-electron chi connectivity index (χ2n) is 9.65. The number of carbonyl (C=O) groups is 2. The summed E-state index contributed by atoms with van der Waals surface area (Å²) >= 11 is 12.3. The summed E-state index contributed by atoms with van der Waals surface area (Å²) in [4.78, 5) is 28.5. The van der Waals surface area contributed by atoms with Gasteiger partial charge in [-0.05, 0) is 54.5 Å². The summed E-state index contributed by atoms with van der Waals surface area (Å²) in [7, 11) is -3.70. The molecule has 0 bridgehead atoms. The number of nitrogens with one attached hydrogen (secondary N) is 1. The number of nitrogens with zero attached hydrogens (tertiary/aromatic N) is 2. The highest BCUT2D eigenvalue weighted by Gasteiger charge is 2.35. The molecule has 0 spiro atoms. The van der Waals surface area contributed by atoms with Crippen molar-refractivity contribution in [2.45, 2.75) is 63.4 Å². The topological polar surface area (TPSA) is 86.8 Å². The number of sulfonamides is 1. The van der Waals surface area contributed by atoms with Crippen LogP contribution >= 0.6 is 23.2 Å². The van der Waals surface area contributed by atoms with Crippen LogP contribution in [0.5, 0.6) is 0 Å². The molecule has 39 heavy (non-hydrogen) atoms. The minimum absolute atomic E-state index is 0.0817. The Morgan fingerprint density at radius 2 is 1.74 bits per heavy atom. The van der Waals surface area contributed by atoms with Crippen molar-refractivity contribution in [3.05, 3.63) is 70.2 Å². The lowest BCUT2D eigenvalue weighted by molar-refractivity contribution is -0.141. The van der Waals surface area contributed by atoms with Gasteiger partial charge >= 0.3 is 0 Å². The summed E-state index contributed by atoms with van der Waals surface area (Å²) in [6.45, 7) is 4.79. The number of unbranched alkanes of at least 4 members (excludes halogenated alkanes) is 1. The van der Waals surface area contributed by atoms with Crippen molar-refractivity contribution in [3.63, 3.8) is 0 Å². The van der Waals surface area contributed by atoms with Crippen LogP contribution in [0, 0.1) is 0 Å². The van der Waals surface area contributed by atoms with Gasteiger partial charge in [0.25, 0.3) is 10.0 Å². The van der Waals surface area contributed by atoms with E-state index in [0.29, 0.717) is 40.5 Å². The molecule has 10 heteroatoms. The van der Waals surface area contributed by atoms with Crippen molar-refractivity contribution in [2.24, 2.45) is 0 Å². The molecule has 0 aliphatic carbocycles. The molecule has 0 saturated carbocycles. The zero-order chi connectivity index (χ0) is 28.2. The Balaban J connectivity index is 1.52. The molecule has 1 unspecified atom stereocenters. The highest BCUT2D eigenvalue weighted by Crippen LogP contribution is 2.42. The van der Waals surface area contributed by atoms with E-state index in [1.54, 1.807) is 41.3 Å². The third-order valence-electron chi connectivity index (χ3n) is 6.99. The summed E-state index contributed by atoms with van der Waals surface area (Å²) in [6, 6.07) is 15.2. The highest BCUT2D eigenvalue weighted by atomic mass is 35.5. The molecule has 208 valence electrons. The zero-order valence-corrected chi connectivity index (χ0v) is 24.5. The number of halogens is 2. The number of rotatable bonds is 12. The summed E-state index contributed by atoms with van der Waals surface area (Å²) in [5.74, 6) is -0.436. The summed E-state index contributed by atoms with van der Waals surface area (Å²) in [5, 5.41) is 5.29. The fourth-order valence-electron chi connectivity index (χ4n) is 4.98. The van der Waals surface area contributed by atoms with Crippen LogP contribution in [0.25, 0.3) is 10.8 Å². The largest absolute Gasteiger partial charge is 0.354 e. The van der Waals surface area contributed by atoms with Crippen LogP contribution in [-0.2, 0) is 26.2 Å². The molecule has 2 amide bonds. The monoisotopic (exact) mass is 589 g/mol. The third-order valence-corrected chi connectivity index (χ3v) is 9.58. The average molecular weight is 591 g/mol. The number of anilines is 1. The molecular formula is C29H33Cl2N3O4S. The van der Waals surface area contributed by atoms with E-state index in [2.05, 4.69) is 5.32 Å². The Bertz CT molecular complexity index is 1470. The number of hydrogen-bond donors (Lipinski definition) is 1. The van der Waals surface area contributed by atoms with Gasteiger partial charge in [-0.15, -0.1) is 0 Å². The maximum atomic E-state index is 13.6. The van der Waals surface area contributed by atoms with Crippen LogP contribution < -0.4 is 9.62 Å². The molecule has 3 aromatic carbocycles. The second kappa shape index (κ2) is 12.6. The van der Waals surface area contributed by atoms with Crippen molar-refractivity contribution in [1.82, 2.24) is 10.2 Å². The van der Waals surface area contributed by atoms with Crippen molar-refractivity contribution < 1.29 is 18.0 Å². The summed E-state index contributed by atoms with van der Waals surface area (Å²) in [6.07, 6.45) is 2.61. The smallest absolute Gasteiger partial charge is 0.265 e. The molecule has 1 heterocycles. The molecule has 0 saturated heterocycles. The van der Waals surface area contributed by atoms with E-state index >= 15 is 0 Å². The SMILES string of the molecule is CCCCNC(=O)C(CC)N(Cc1ccc(Cl)c(Cl)c1)C(=O)CCCN1c2cccc3cccc(c23)S1(=O)=O. The quantitative estimate of drug-likeness (QED) is 0.256. The first kappa shape index (κ1) is 29.2. The van der Waals surface area contributed by atoms with Gasteiger partial charge in [0.05, 0.1) is 20.6 Å². The van der Waals surface area contributed by atoms with Crippen LogP contribution in [0.1, 0.15) is 51.5 Å². The molecule has 7 nitrogen and oxygen atoms in total. The second-order valence-corrected chi connectivity index (χ2v) is 12.3. The number of carbonyl (C=O) groups excluding carboxylic acids is 2. The normalized spacial score (nSPS) is 14.4. The number of hydrogen-bond acceptors (Lipinski definition) is 4. The van der Waals surface area contributed by atoms with Gasteiger partial charge in [0, 0.05) is 31.4 Å². The summed E-state index contributed by atoms with van der Waals surface area (Å²) in [5.41, 5.74) is 1.38. The Morgan fingerprint density at radius 3 is 2.44 bits per heavy atom. The number of amides is 2. The molecule has 3 aromatic rings. The van der Waals surface area contributed by atoms with E-state index in [4.69, 9.17) is 23.2 Å². The van der Waals surface area contributed by atoms with E-state index < -0.39 is 16.1 Å². The zero-order valence-electron chi connectivity index (χ0n) is 22.1. The molecule has 0 fully saturated rings. The van der Waals surface area contributed by atoms with Crippen LogP contribution in [0.3, 0.4) is 0 Å². The lowest BCUT2D eigenvalue weighted by Gasteiger charge is -2.31. The Morgan fingerprint density at radius 1 is 1.00 bits per heavy atom. The van der Waals surface area contributed by atoms with E-state index in [1.807, 2.05) is 32.0 Å². The lowest BCUT2D eigenvalue weighted by atomic mass is 10.1. The van der Waals surface area contributed by atoms with Crippen LogP contribution in [0.15, 0.2) is 59.5 Å².